The zero-order valence-electron chi connectivity index (χ0n) is 10.0. The molecule has 3 rings (SSSR count). The first-order chi connectivity index (χ1) is 9.13. The number of hydrogen-bond acceptors (Lipinski definition) is 2. The molecule has 1 aliphatic rings. The number of benzene rings is 2. The van der Waals surface area contributed by atoms with E-state index in [0.717, 1.165) is 5.56 Å². The molecule has 98 valence electrons. The van der Waals surface area contributed by atoms with E-state index < -0.39 is 6.10 Å². The van der Waals surface area contributed by atoms with Gasteiger partial charge in [-0.1, -0.05) is 23.7 Å². The number of aliphatic hydroxyl groups is 1. The van der Waals surface area contributed by atoms with Crippen LogP contribution in [0.5, 0.6) is 5.75 Å². The van der Waals surface area contributed by atoms with E-state index in [0.29, 0.717) is 22.8 Å². The van der Waals surface area contributed by atoms with Crippen LogP contribution in [0.2, 0.25) is 5.02 Å². The Hall–Kier alpha value is -1.58. The molecule has 2 unspecified atom stereocenters. The lowest BCUT2D eigenvalue weighted by atomic mass is 9.95. The van der Waals surface area contributed by atoms with Gasteiger partial charge in [0.15, 0.2) is 0 Å². The number of halogens is 2. The van der Waals surface area contributed by atoms with E-state index in [4.69, 9.17) is 16.3 Å². The molecule has 1 N–H and O–H groups in total. The molecule has 2 nitrogen and oxygen atoms in total. The second-order valence-corrected chi connectivity index (χ2v) is 5.03. The van der Waals surface area contributed by atoms with Crippen LogP contribution in [0.3, 0.4) is 0 Å². The topological polar surface area (TPSA) is 29.5 Å². The average molecular weight is 279 g/mol. The second-order valence-electron chi connectivity index (χ2n) is 4.60. The smallest absolute Gasteiger partial charge is 0.128 e. The monoisotopic (exact) mass is 278 g/mol. The Kier molecular flexibility index (Phi) is 3.17. The molecule has 2 aromatic carbocycles. The predicted molar refractivity (Wildman–Crippen MR) is 70.8 cm³/mol. The Morgan fingerprint density at radius 3 is 2.84 bits per heavy atom. The Bertz CT molecular complexity index is 615. The minimum Gasteiger partial charge on any atom is -0.485 e. The molecule has 1 aliphatic heterocycles. The van der Waals surface area contributed by atoms with Gasteiger partial charge in [0.1, 0.15) is 17.7 Å². The maximum atomic E-state index is 13.2. The number of aliphatic hydroxyl groups excluding tert-OH is 1. The van der Waals surface area contributed by atoms with Crippen molar-refractivity contribution in [2.45, 2.75) is 18.6 Å². The van der Waals surface area contributed by atoms with Crippen molar-refractivity contribution in [3.05, 3.63) is 64.4 Å². The summed E-state index contributed by atoms with van der Waals surface area (Å²) >= 11 is 5.95. The van der Waals surface area contributed by atoms with Crippen LogP contribution in [0, 0.1) is 5.82 Å². The van der Waals surface area contributed by atoms with Crippen molar-refractivity contribution in [2.75, 3.05) is 0 Å². The van der Waals surface area contributed by atoms with Crippen molar-refractivity contribution < 1.29 is 14.2 Å². The van der Waals surface area contributed by atoms with E-state index >= 15 is 0 Å². The molecule has 0 saturated heterocycles. The maximum Gasteiger partial charge on any atom is 0.128 e. The molecule has 0 bridgehead atoms. The largest absolute Gasteiger partial charge is 0.485 e. The summed E-state index contributed by atoms with van der Waals surface area (Å²) in [7, 11) is 0. The molecule has 0 spiro atoms. The highest BCUT2D eigenvalue weighted by atomic mass is 35.5. The van der Waals surface area contributed by atoms with Crippen molar-refractivity contribution in [1.82, 2.24) is 0 Å². The van der Waals surface area contributed by atoms with Crippen LogP contribution in [0.1, 0.15) is 29.8 Å². The molecular formula is C15H12ClFO2. The molecule has 0 saturated carbocycles. The molecule has 2 atom stereocenters. The van der Waals surface area contributed by atoms with Gasteiger partial charge in [-0.25, -0.2) is 4.39 Å². The molecule has 0 amide bonds. The minimum atomic E-state index is -0.659. The highest BCUT2D eigenvalue weighted by Gasteiger charge is 2.28. The lowest BCUT2D eigenvalue weighted by molar-refractivity contribution is 0.0654. The number of hydrogen-bond donors (Lipinski definition) is 1. The summed E-state index contributed by atoms with van der Waals surface area (Å²) in [4.78, 5) is 0. The number of rotatable bonds is 1. The third-order valence-electron chi connectivity index (χ3n) is 3.26. The van der Waals surface area contributed by atoms with Crippen molar-refractivity contribution >= 4 is 11.6 Å². The molecule has 0 radical (unpaired) electrons. The summed E-state index contributed by atoms with van der Waals surface area (Å²) in [5.41, 5.74) is 1.50. The molecule has 19 heavy (non-hydrogen) atoms. The SMILES string of the molecule is OC1CC(c2cccc(Cl)c2)Oc2cc(F)ccc21. The van der Waals surface area contributed by atoms with E-state index in [9.17, 15) is 9.50 Å². The first-order valence-electron chi connectivity index (χ1n) is 6.03. The normalized spacial score (nSPS) is 21.6. The summed E-state index contributed by atoms with van der Waals surface area (Å²) in [6.07, 6.45) is -0.546. The molecule has 0 aromatic heterocycles. The summed E-state index contributed by atoms with van der Waals surface area (Å²) in [6, 6.07) is 11.5. The molecular weight excluding hydrogens is 267 g/mol. The lowest BCUT2D eigenvalue weighted by Crippen LogP contribution is -2.19. The standard InChI is InChI=1S/C15H12ClFO2/c16-10-3-1-2-9(6-10)14-8-13(18)12-5-4-11(17)7-15(12)19-14/h1-7,13-14,18H,8H2. The predicted octanol–water partition coefficient (Wildman–Crippen LogP) is 4.04. The summed E-state index contributed by atoms with van der Waals surface area (Å²) in [6.45, 7) is 0. The summed E-state index contributed by atoms with van der Waals surface area (Å²) in [5, 5.41) is 10.7. The first kappa shape index (κ1) is 12.5. The van der Waals surface area contributed by atoms with Crippen molar-refractivity contribution in [1.29, 1.82) is 0 Å². The fourth-order valence-electron chi connectivity index (χ4n) is 2.33. The van der Waals surface area contributed by atoms with Crippen LogP contribution >= 0.6 is 11.6 Å². The fraction of sp³-hybridized carbons (Fsp3) is 0.200. The van der Waals surface area contributed by atoms with Crippen molar-refractivity contribution in [3.63, 3.8) is 0 Å². The van der Waals surface area contributed by atoms with Crippen LogP contribution in [0.25, 0.3) is 0 Å². The highest BCUT2D eigenvalue weighted by molar-refractivity contribution is 6.30. The first-order valence-corrected chi connectivity index (χ1v) is 6.41. The van der Waals surface area contributed by atoms with Gasteiger partial charge < -0.3 is 9.84 Å². The zero-order chi connectivity index (χ0) is 13.4. The third kappa shape index (κ3) is 2.44. The summed E-state index contributed by atoms with van der Waals surface area (Å²) in [5.74, 6) is 0.0152. The average Bonchev–Trinajstić information content (AvgIpc) is 2.38. The van der Waals surface area contributed by atoms with E-state index in [1.165, 1.54) is 12.1 Å². The number of ether oxygens (including phenoxy) is 1. The van der Waals surface area contributed by atoms with Gasteiger partial charge in [-0.2, -0.15) is 0 Å². The van der Waals surface area contributed by atoms with Gasteiger partial charge in [0, 0.05) is 23.1 Å². The minimum absolute atomic E-state index is 0.317. The summed E-state index contributed by atoms with van der Waals surface area (Å²) < 4.78 is 19.0. The van der Waals surface area contributed by atoms with E-state index in [1.54, 1.807) is 18.2 Å². The third-order valence-corrected chi connectivity index (χ3v) is 3.50. The quantitative estimate of drug-likeness (QED) is 0.853. The van der Waals surface area contributed by atoms with Gasteiger partial charge >= 0.3 is 0 Å². The van der Waals surface area contributed by atoms with Gasteiger partial charge in [-0.15, -0.1) is 0 Å². The fourth-order valence-corrected chi connectivity index (χ4v) is 2.53. The maximum absolute atomic E-state index is 13.2. The molecule has 0 aliphatic carbocycles. The Labute approximate surface area is 115 Å². The Morgan fingerprint density at radius 1 is 1.21 bits per heavy atom. The van der Waals surface area contributed by atoms with Gasteiger partial charge in [0.05, 0.1) is 6.10 Å². The second kappa shape index (κ2) is 4.83. The van der Waals surface area contributed by atoms with Crippen LogP contribution in [0.4, 0.5) is 4.39 Å². The molecule has 0 fully saturated rings. The molecule has 1 heterocycles. The zero-order valence-corrected chi connectivity index (χ0v) is 10.8. The Morgan fingerprint density at radius 2 is 2.05 bits per heavy atom. The number of fused-ring (bicyclic) bond motifs is 1. The van der Waals surface area contributed by atoms with Gasteiger partial charge in [0.25, 0.3) is 0 Å². The molecule has 4 heteroatoms. The Balaban J connectivity index is 1.96. The van der Waals surface area contributed by atoms with Crippen LogP contribution in [0.15, 0.2) is 42.5 Å². The highest BCUT2D eigenvalue weighted by Crippen LogP contribution is 2.41. The van der Waals surface area contributed by atoms with E-state index in [-0.39, 0.29) is 11.9 Å². The van der Waals surface area contributed by atoms with Gasteiger partial charge in [0.2, 0.25) is 0 Å². The lowest BCUT2D eigenvalue weighted by Gasteiger charge is -2.30. The van der Waals surface area contributed by atoms with E-state index in [2.05, 4.69) is 0 Å². The van der Waals surface area contributed by atoms with Crippen molar-refractivity contribution in [2.24, 2.45) is 0 Å². The van der Waals surface area contributed by atoms with Crippen molar-refractivity contribution in [3.8, 4) is 5.75 Å². The van der Waals surface area contributed by atoms with Crippen LogP contribution in [-0.2, 0) is 0 Å². The van der Waals surface area contributed by atoms with E-state index in [1.807, 2.05) is 12.1 Å². The van der Waals surface area contributed by atoms with Crippen LogP contribution in [-0.4, -0.2) is 5.11 Å². The van der Waals surface area contributed by atoms with Gasteiger partial charge in [-0.3, -0.25) is 0 Å². The van der Waals surface area contributed by atoms with Gasteiger partial charge in [-0.05, 0) is 29.8 Å². The molecule has 2 aromatic rings. The van der Waals surface area contributed by atoms with Crippen LogP contribution < -0.4 is 4.74 Å².